The smallest absolute Gasteiger partial charge is 0.274 e. The number of hydrogen-bond donors (Lipinski definition) is 2. The van der Waals surface area contributed by atoms with E-state index in [0.717, 1.165) is 12.4 Å². The number of carbonyl (C=O) groups excluding carboxylic acids is 1. The van der Waals surface area contributed by atoms with Crippen molar-refractivity contribution in [2.75, 3.05) is 5.32 Å². The summed E-state index contributed by atoms with van der Waals surface area (Å²) in [5, 5.41) is 13.2. The highest BCUT2D eigenvalue weighted by Gasteiger charge is 2.12. The number of rotatable bonds is 3. The topological polar surface area (TPSA) is 118 Å². The van der Waals surface area contributed by atoms with Crippen molar-refractivity contribution in [1.82, 2.24) is 9.97 Å². The molecule has 0 saturated heterocycles. The lowest BCUT2D eigenvalue weighted by molar-refractivity contribution is -0.384. The summed E-state index contributed by atoms with van der Waals surface area (Å²) in [6.07, 6.45) is 1.12. The van der Waals surface area contributed by atoms with E-state index < -0.39 is 16.4 Å². The minimum atomic E-state index is -0.562. The summed E-state index contributed by atoms with van der Waals surface area (Å²) in [6.45, 7) is 1.63. The van der Waals surface area contributed by atoms with Crippen molar-refractivity contribution in [2.24, 2.45) is 0 Å². The van der Waals surface area contributed by atoms with Gasteiger partial charge in [0.1, 0.15) is 5.69 Å². The lowest BCUT2D eigenvalue weighted by Crippen LogP contribution is -2.18. The molecule has 0 fully saturated rings. The predicted octanol–water partition coefficient (Wildman–Crippen LogP) is 1.24. The van der Waals surface area contributed by atoms with E-state index in [-0.39, 0.29) is 11.4 Å². The molecule has 0 radical (unpaired) electrons. The average molecular weight is 274 g/mol. The molecule has 1 amide bonds. The van der Waals surface area contributed by atoms with Gasteiger partial charge in [0.15, 0.2) is 0 Å². The molecule has 0 saturated carbocycles. The highest BCUT2D eigenvalue weighted by atomic mass is 16.6. The van der Waals surface area contributed by atoms with Gasteiger partial charge in [-0.15, -0.1) is 0 Å². The Morgan fingerprint density at radius 1 is 1.40 bits per heavy atom. The third-order valence-corrected chi connectivity index (χ3v) is 2.58. The maximum atomic E-state index is 11.9. The fraction of sp³-hybridized carbons (Fsp3) is 0.0833. The number of aromatic nitrogens is 2. The van der Waals surface area contributed by atoms with Gasteiger partial charge >= 0.3 is 0 Å². The van der Waals surface area contributed by atoms with Gasteiger partial charge in [0.2, 0.25) is 0 Å². The molecule has 1 aromatic heterocycles. The summed E-state index contributed by atoms with van der Waals surface area (Å²) < 4.78 is 0. The number of nitrogens with zero attached hydrogens (tertiary/aromatic N) is 2. The van der Waals surface area contributed by atoms with Gasteiger partial charge in [0, 0.05) is 23.9 Å². The fourth-order valence-electron chi connectivity index (χ4n) is 1.58. The largest absolute Gasteiger partial charge is 0.320 e. The first-order chi connectivity index (χ1) is 9.47. The van der Waals surface area contributed by atoms with Gasteiger partial charge in [0.05, 0.1) is 11.3 Å². The minimum Gasteiger partial charge on any atom is -0.320 e. The first-order valence-electron chi connectivity index (χ1n) is 5.58. The van der Waals surface area contributed by atoms with Crippen LogP contribution < -0.4 is 10.9 Å². The molecule has 1 heterocycles. The lowest BCUT2D eigenvalue weighted by Gasteiger charge is -2.07. The van der Waals surface area contributed by atoms with E-state index in [2.05, 4.69) is 15.3 Å². The molecule has 2 aromatic rings. The number of H-pyrrole nitrogens is 1. The maximum absolute atomic E-state index is 11.9. The Bertz CT molecular complexity index is 738. The molecular weight excluding hydrogens is 264 g/mol. The Morgan fingerprint density at radius 3 is 2.75 bits per heavy atom. The zero-order valence-corrected chi connectivity index (χ0v) is 10.4. The van der Waals surface area contributed by atoms with Crippen LogP contribution in [0.3, 0.4) is 0 Å². The average Bonchev–Trinajstić information content (AvgIpc) is 2.40. The molecule has 8 heteroatoms. The Balaban J connectivity index is 2.24. The zero-order valence-electron chi connectivity index (χ0n) is 10.4. The second-order valence-corrected chi connectivity index (χ2v) is 4.01. The molecule has 1 aromatic carbocycles. The fourth-order valence-corrected chi connectivity index (χ4v) is 1.58. The van der Waals surface area contributed by atoms with E-state index in [1.165, 1.54) is 18.2 Å². The lowest BCUT2D eigenvalue weighted by atomic mass is 10.1. The summed E-state index contributed by atoms with van der Waals surface area (Å²) in [6, 6.07) is 5.13. The van der Waals surface area contributed by atoms with Gasteiger partial charge in [-0.25, -0.2) is 4.98 Å². The summed E-state index contributed by atoms with van der Waals surface area (Å²) in [7, 11) is 0. The Labute approximate surface area is 112 Å². The van der Waals surface area contributed by atoms with Crippen molar-refractivity contribution in [3.63, 3.8) is 0 Å². The first-order valence-corrected chi connectivity index (χ1v) is 5.58. The van der Waals surface area contributed by atoms with Gasteiger partial charge in [-0.2, -0.15) is 0 Å². The van der Waals surface area contributed by atoms with Crippen LogP contribution in [-0.2, 0) is 0 Å². The van der Waals surface area contributed by atoms with E-state index in [1.54, 1.807) is 6.92 Å². The number of nitro benzene ring substituents is 1. The van der Waals surface area contributed by atoms with Crippen molar-refractivity contribution in [1.29, 1.82) is 0 Å². The molecule has 8 nitrogen and oxygen atoms in total. The van der Waals surface area contributed by atoms with Gasteiger partial charge in [-0.05, 0) is 18.6 Å². The minimum absolute atomic E-state index is 0.0356. The predicted molar refractivity (Wildman–Crippen MR) is 70.6 cm³/mol. The van der Waals surface area contributed by atoms with Crippen molar-refractivity contribution in [2.45, 2.75) is 6.92 Å². The van der Waals surface area contributed by atoms with Crippen LogP contribution in [0.15, 0.2) is 35.4 Å². The number of aryl methyl sites for hydroxylation is 1. The van der Waals surface area contributed by atoms with Crippen LogP contribution in [-0.4, -0.2) is 20.8 Å². The number of nitro groups is 1. The van der Waals surface area contributed by atoms with Gasteiger partial charge in [-0.3, -0.25) is 19.7 Å². The van der Waals surface area contributed by atoms with Gasteiger partial charge < -0.3 is 10.3 Å². The summed E-state index contributed by atoms with van der Waals surface area (Å²) >= 11 is 0. The van der Waals surface area contributed by atoms with E-state index >= 15 is 0 Å². The zero-order chi connectivity index (χ0) is 14.7. The molecule has 0 unspecified atom stereocenters. The third-order valence-electron chi connectivity index (χ3n) is 2.58. The Kier molecular flexibility index (Phi) is 3.56. The number of carbonyl (C=O) groups is 1. The molecule has 0 aliphatic rings. The van der Waals surface area contributed by atoms with Crippen molar-refractivity contribution in [3.05, 3.63) is 62.3 Å². The molecule has 2 rings (SSSR count). The van der Waals surface area contributed by atoms with Crippen LogP contribution >= 0.6 is 0 Å². The Hall–Kier alpha value is -3.03. The van der Waals surface area contributed by atoms with E-state index in [4.69, 9.17) is 0 Å². The number of hydrogen-bond acceptors (Lipinski definition) is 5. The van der Waals surface area contributed by atoms with Crippen LogP contribution in [0, 0.1) is 17.0 Å². The first kappa shape index (κ1) is 13.4. The molecule has 0 atom stereocenters. The summed E-state index contributed by atoms with van der Waals surface area (Å²) in [5.41, 5.74) is 0.423. The van der Waals surface area contributed by atoms with E-state index in [9.17, 15) is 19.7 Å². The molecule has 2 N–H and O–H groups in total. The number of non-ortho nitro benzene ring substituents is 1. The van der Waals surface area contributed by atoms with E-state index in [1.807, 2.05) is 0 Å². The van der Waals surface area contributed by atoms with Crippen LogP contribution in [0.5, 0.6) is 0 Å². The highest BCUT2D eigenvalue weighted by Crippen LogP contribution is 2.21. The van der Waals surface area contributed by atoms with Crippen LogP contribution in [0.4, 0.5) is 11.4 Å². The molecule has 20 heavy (non-hydrogen) atoms. The monoisotopic (exact) mass is 274 g/mol. The molecule has 102 valence electrons. The number of benzene rings is 1. The number of aromatic amines is 1. The van der Waals surface area contributed by atoms with Crippen molar-refractivity contribution in [3.8, 4) is 0 Å². The highest BCUT2D eigenvalue weighted by molar-refractivity contribution is 6.03. The second-order valence-electron chi connectivity index (χ2n) is 4.01. The maximum Gasteiger partial charge on any atom is 0.274 e. The summed E-state index contributed by atoms with van der Waals surface area (Å²) in [4.78, 5) is 39.1. The number of anilines is 1. The van der Waals surface area contributed by atoms with Crippen LogP contribution in [0.2, 0.25) is 0 Å². The Morgan fingerprint density at radius 2 is 2.15 bits per heavy atom. The van der Waals surface area contributed by atoms with Crippen molar-refractivity contribution < 1.29 is 9.72 Å². The van der Waals surface area contributed by atoms with Crippen molar-refractivity contribution >= 4 is 17.3 Å². The molecule has 0 bridgehead atoms. The summed E-state index contributed by atoms with van der Waals surface area (Å²) in [5.74, 6) is -0.562. The number of nitrogens with one attached hydrogen (secondary N) is 2. The molecular formula is C12H10N4O4. The number of amides is 1. The van der Waals surface area contributed by atoms with Crippen LogP contribution in [0.25, 0.3) is 0 Å². The SMILES string of the molecule is Cc1cc([N+](=O)[O-])ccc1NC(=O)c1cc(=O)[nH]cn1. The normalized spacial score (nSPS) is 10.1. The second kappa shape index (κ2) is 5.31. The quantitative estimate of drug-likeness (QED) is 0.644. The van der Waals surface area contributed by atoms with Gasteiger partial charge in [-0.1, -0.05) is 0 Å². The van der Waals surface area contributed by atoms with E-state index in [0.29, 0.717) is 11.3 Å². The van der Waals surface area contributed by atoms with Crippen LogP contribution in [0.1, 0.15) is 16.1 Å². The standard InChI is InChI=1S/C12H10N4O4/c1-7-4-8(16(19)20)2-3-9(7)15-12(18)10-5-11(17)14-6-13-10/h2-6H,1H3,(H,15,18)(H,13,14,17). The molecule has 0 aliphatic carbocycles. The third kappa shape index (κ3) is 2.86. The van der Waals surface area contributed by atoms with Gasteiger partial charge in [0.25, 0.3) is 17.2 Å². The molecule has 0 aliphatic heterocycles. The molecule has 0 spiro atoms.